The molecule has 3 aromatic heterocycles. The van der Waals surface area contributed by atoms with Crippen LogP contribution in [0.5, 0.6) is 0 Å². The van der Waals surface area contributed by atoms with Crippen LogP contribution >= 0.6 is 11.3 Å². The van der Waals surface area contributed by atoms with Crippen molar-refractivity contribution in [2.24, 2.45) is 0 Å². The van der Waals surface area contributed by atoms with Gasteiger partial charge in [-0.2, -0.15) is 5.10 Å². The second-order valence-corrected chi connectivity index (χ2v) is 5.74. The van der Waals surface area contributed by atoms with Crippen LogP contribution in [0.4, 0.5) is 0 Å². The van der Waals surface area contributed by atoms with E-state index in [4.69, 9.17) is 0 Å². The highest BCUT2D eigenvalue weighted by Gasteiger charge is 2.08. The maximum Gasteiger partial charge on any atom is 0.267 e. The molecule has 116 valence electrons. The van der Waals surface area contributed by atoms with E-state index in [0.717, 1.165) is 10.6 Å². The Morgan fingerprint density at radius 2 is 2.09 bits per heavy atom. The Bertz CT molecular complexity index is 844. The Labute approximate surface area is 136 Å². The number of amides is 1. The minimum absolute atomic E-state index is 0.120. The van der Waals surface area contributed by atoms with Gasteiger partial charge < -0.3 is 5.32 Å². The Morgan fingerprint density at radius 1 is 1.17 bits per heavy atom. The molecule has 0 fully saturated rings. The molecule has 1 N–H and O–H groups in total. The predicted molar refractivity (Wildman–Crippen MR) is 87.9 cm³/mol. The van der Waals surface area contributed by atoms with Gasteiger partial charge in [-0.25, -0.2) is 4.68 Å². The highest BCUT2D eigenvalue weighted by Crippen LogP contribution is 2.20. The quantitative estimate of drug-likeness (QED) is 0.774. The van der Waals surface area contributed by atoms with Gasteiger partial charge in [0.15, 0.2) is 0 Å². The average Bonchev–Trinajstić information content (AvgIpc) is 3.10. The van der Waals surface area contributed by atoms with Crippen molar-refractivity contribution >= 4 is 17.2 Å². The molecule has 6 nitrogen and oxygen atoms in total. The van der Waals surface area contributed by atoms with Crippen molar-refractivity contribution in [3.63, 3.8) is 0 Å². The monoisotopic (exact) mass is 326 g/mol. The Kier molecular flexibility index (Phi) is 4.58. The molecule has 0 atom stereocenters. The Hall–Kier alpha value is -2.80. The fourth-order valence-corrected chi connectivity index (χ4v) is 2.69. The largest absolute Gasteiger partial charge is 0.349 e. The molecule has 0 aliphatic rings. The molecule has 0 saturated carbocycles. The summed E-state index contributed by atoms with van der Waals surface area (Å²) in [5.74, 6) is -0.284. The highest BCUT2D eigenvalue weighted by molar-refractivity contribution is 7.13. The second kappa shape index (κ2) is 6.97. The molecular weight excluding hydrogens is 312 g/mol. The second-order valence-electron chi connectivity index (χ2n) is 4.79. The maximum absolute atomic E-state index is 12.0. The SMILES string of the molecule is O=C(Cn1nc(-c2cccs2)ccc1=O)NCc1ccccn1. The van der Waals surface area contributed by atoms with Crippen LogP contribution in [0.2, 0.25) is 0 Å². The van der Waals surface area contributed by atoms with E-state index < -0.39 is 0 Å². The summed E-state index contributed by atoms with van der Waals surface area (Å²) in [5.41, 5.74) is 1.13. The van der Waals surface area contributed by atoms with Crippen LogP contribution in [-0.4, -0.2) is 20.7 Å². The van der Waals surface area contributed by atoms with E-state index >= 15 is 0 Å². The summed E-state index contributed by atoms with van der Waals surface area (Å²) in [6.45, 7) is 0.198. The third kappa shape index (κ3) is 3.89. The third-order valence-electron chi connectivity index (χ3n) is 3.13. The number of rotatable bonds is 5. The number of hydrogen-bond acceptors (Lipinski definition) is 5. The Balaban J connectivity index is 1.68. The van der Waals surface area contributed by atoms with Crippen molar-refractivity contribution < 1.29 is 4.79 Å². The van der Waals surface area contributed by atoms with Gasteiger partial charge in [0.1, 0.15) is 12.2 Å². The molecule has 0 saturated heterocycles. The summed E-state index contributed by atoms with van der Waals surface area (Å²) >= 11 is 1.53. The van der Waals surface area contributed by atoms with E-state index in [0.29, 0.717) is 12.2 Å². The number of hydrogen-bond donors (Lipinski definition) is 1. The molecule has 0 aromatic carbocycles. The van der Waals surface area contributed by atoms with Crippen LogP contribution in [0.3, 0.4) is 0 Å². The van der Waals surface area contributed by atoms with Gasteiger partial charge in [-0.3, -0.25) is 14.6 Å². The van der Waals surface area contributed by atoms with Gasteiger partial charge in [0.05, 0.1) is 17.1 Å². The van der Waals surface area contributed by atoms with Crippen molar-refractivity contribution in [1.82, 2.24) is 20.1 Å². The number of pyridine rings is 1. The molecule has 7 heteroatoms. The van der Waals surface area contributed by atoms with Crippen LogP contribution in [0.25, 0.3) is 10.6 Å². The first-order valence-electron chi connectivity index (χ1n) is 7.01. The van der Waals surface area contributed by atoms with Gasteiger partial charge in [0, 0.05) is 12.3 Å². The zero-order valence-electron chi connectivity index (χ0n) is 12.2. The first-order valence-corrected chi connectivity index (χ1v) is 7.89. The molecule has 3 rings (SSSR count). The lowest BCUT2D eigenvalue weighted by Gasteiger charge is -2.07. The minimum atomic E-state index is -0.307. The average molecular weight is 326 g/mol. The summed E-state index contributed by atoms with van der Waals surface area (Å²) in [5, 5.41) is 8.91. The lowest BCUT2D eigenvalue weighted by molar-refractivity contribution is -0.122. The fraction of sp³-hybridized carbons (Fsp3) is 0.125. The zero-order chi connectivity index (χ0) is 16.1. The van der Waals surface area contributed by atoms with Gasteiger partial charge in [-0.15, -0.1) is 11.3 Å². The van der Waals surface area contributed by atoms with Gasteiger partial charge >= 0.3 is 0 Å². The number of nitrogens with zero attached hydrogens (tertiary/aromatic N) is 3. The predicted octanol–water partition coefficient (Wildman–Crippen LogP) is 1.68. The number of thiophene rings is 1. The topological polar surface area (TPSA) is 76.9 Å². The molecule has 0 unspecified atom stereocenters. The molecule has 0 bridgehead atoms. The summed E-state index contributed by atoms with van der Waals surface area (Å²) < 4.78 is 1.17. The Morgan fingerprint density at radius 3 is 2.83 bits per heavy atom. The van der Waals surface area contributed by atoms with Crippen molar-refractivity contribution in [3.8, 4) is 10.6 Å². The van der Waals surface area contributed by atoms with Gasteiger partial charge in [0.25, 0.3) is 5.56 Å². The molecule has 3 aromatic rings. The van der Waals surface area contributed by atoms with Crippen LogP contribution in [0.1, 0.15) is 5.69 Å². The van der Waals surface area contributed by atoms with Crippen molar-refractivity contribution in [3.05, 3.63) is 70.1 Å². The third-order valence-corrected chi connectivity index (χ3v) is 4.02. The lowest BCUT2D eigenvalue weighted by Crippen LogP contribution is -2.33. The normalized spacial score (nSPS) is 10.4. The van der Waals surface area contributed by atoms with E-state index in [1.807, 2.05) is 35.7 Å². The molecule has 0 aliphatic heterocycles. The van der Waals surface area contributed by atoms with Gasteiger partial charge in [-0.1, -0.05) is 12.1 Å². The zero-order valence-corrected chi connectivity index (χ0v) is 13.0. The lowest BCUT2D eigenvalue weighted by atomic mass is 10.3. The first-order chi connectivity index (χ1) is 11.2. The number of carbonyl (C=O) groups excluding carboxylic acids is 1. The maximum atomic E-state index is 12.0. The van der Waals surface area contributed by atoms with E-state index in [1.165, 1.54) is 22.1 Å². The summed E-state index contributed by atoms with van der Waals surface area (Å²) in [7, 11) is 0. The standard InChI is InChI=1S/C16H14N4O2S/c21-15(18-10-12-4-1-2-8-17-12)11-20-16(22)7-6-13(19-20)14-5-3-9-23-14/h1-9H,10-11H2,(H,18,21). The first kappa shape index (κ1) is 15.1. The summed E-state index contributed by atoms with van der Waals surface area (Å²) in [6, 6.07) is 12.4. The van der Waals surface area contributed by atoms with E-state index in [1.54, 1.807) is 12.3 Å². The minimum Gasteiger partial charge on any atom is -0.349 e. The van der Waals surface area contributed by atoms with Gasteiger partial charge in [-0.05, 0) is 29.6 Å². The number of nitrogens with one attached hydrogen (secondary N) is 1. The fourth-order valence-electron chi connectivity index (χ4n) is 2.00. The van der Waals surface area contributed by atoms with Crippen molar-refractivity contribution in [1.29, 1.82) is 0 Å². The van der Waals surface area contributed by atoms with Crippen LogP contribution in [0, 0.1) is 0 Å². The molecule has 0 aliphatic carbocycles. The molecular formula is C16H14N4O2S. The molecule has 0 spiro atoms. The van der Waals surface area contributed by atoms with Crippen molar-refractivity contribution in [2.45, 2.75) is 13.1 Å². The molecule has 23 heavy (non-hydrogen) atoms. The van der Waals surface area contributed by atoms with Gasteiger partial charge in [0.2, 0.25) is 5.91 Å². The molecule has 0 radical (unpaired) electrons. The van der Waals surface area contributed by atoms with Crippen LogP contribution < -0.4 is 10.9 Å². The molecule has 3 heterocycles. The van der Waals surface area contributed by atoms with Crippen molar-refractivity contribution in [2.75, 3.05) is 0 Å². The number of carbonyl (C=O) groups is 1. The van der Waals surface area contributed by atoms with E-state index in [9.17, 15) is 9.59 Å². The highest BCUT2D eigenvalue weighted by atomic mass is 32.1. The van der Waals surface area contributed by atoms with E-state index in [-0.39, 0.29) is 18.0 Å². The van der Waals surface area contributed by atoms with Crippen LogP contribution in [-0.2, 0) is 17.9 Å². The smallest absolute Gasteiger partial charge is 0.267 e. The van der Waals surface area contributed by atoms with Crippen LogP contribution in [0.15, 0.2) is 58.8 Å². The summed E-state index contributed by atoms with van der Waals surface area (Å²) in [6.07, 6.45) is 1.66. The summed E-state index contributed by atoms with van der Waals surface area (Å²) in [4.78, 5) is 28.9. The molecule has 1 amide bonds. The van der Waals surface area contributed by atoms with E-state index in [2.05, 4.69) is 15.4 Å². The number of aromatic nitrogens is 3.